The van der Waals surface area contributed by atoms with Gasteiger partial charge in [-0.2, -0.15) is 0 Å². The molecule has 0 atom stereocenters. The summed E-state index contributed by atoms with van der Waals surface area (Å²) in [5.74, 6) is 1.06. The zero-order chi connectivity index (χ0) is 11.8. The molecule has 0 saturated heterocycles. The van der Waals surface area contributed by atoms with Crippen molar-refractivity contribution < 1.29 is 0 Å². The van der Waals surface area contributed by atoms with E-state index < -0.39 is 0 Å². The van der Waals surface area contributed by atoms with Crippen molar-refractivity contribution in [1.82, 2.24) is 14.7 Å². The predicted molar refractivity (Wildman–Crippen MR) is 66.7 cm³/mol. The van der Waals surface area contributed by atoms with E-state index in [4.69, 9.17) is 0 Å². The SMILES string of the molecule is CCc1cccn2c(C(C)(C)NC)ncc12. The summed E-state index contributed by atoms with van der Waals surface area (Å²) in [5, 5.41) is 3.29. The minimum atomic E-state index is -0.112. The molecule has 0 spiro atoms. The highest BCUT2D eigenvalue weighted by Gasteiger charge is 2.23. The highest BCUT2D eigenvalue weighted by atomic mass is 15.1. The molecule has 3 nitrogen and oxygen atoms in total. The Morgan fingerprint density at radius 2 is 2.19 bits per heavy atom. The maximum absolute atomic E-state index is 4.55. The predicted octanol–water partition coefficient (Wildman–Crippen LogP) is 2.35. The van der Waals surface area contributed by atoms with Crippen LogP contribution >= 0.6 is 0 Å². The standard InChI is InChI=1S/C13H19N3/c1-5-10-7-6-8-16-11(10)9-15-12(16)13(2,3)14-4/h6-9,14H,5H2,1-4H3. The Morgan fingerprint density at radius 1 is 1.44 bits per heavy atom. The van der Waals surface area contributed by atoms with Crippen molar-refractivity contribution in [2.24, 2.45) is 0 Å². The van der Waals surface area contributed by atoms with Crippen LogP contribution < -0.4 is 5.32 Å². The normalized spacial score (nSPS) is 12.2. The van der Waals surface area contributed by atoms with Gasteiger partial charge in [0, 0.05) is 6.20 Å². The lowest BCUT2D eigenvalue weighted by Crippen LogP contribution is -2.35. The quantitative estimate of drug-likeness (QED) is 0.855. The van der Waals surface area contributed by atoms with Crippen molar-refractivity contribution >= 4 is 5.52 Å². The molecule has 0 saturated carbocycles. The number of nitrogens with one attached hydrogen (secondary N) is 1. The van der Waals surface area contributed by atoms with Crippen LogP contribution in [0, 0.1) is 0 Å². The lowest BCUT2D eigenvalue weighted by molar-refractivity contribution is 0.415. The average molecular weight is 217 g/mol. The van der Waals surface area contributed by atoms with Gasteiger partial charge in [-0.05, 0) is 38.9 Å². The first-order chi connectivity index (χ1) is 7.60. The minimum Gasteiger partial charge on any atom is -0.308 e. The molecule has 0 aliphatic rings. The molecule has 2 aromatic rings. The summed E-state index contributed by atoms with van der Waals surface area (Å²) in [5.41, 5.74) is 2.44. The molecule has 2 rings (SSSR count). The van der Waals surface area contributed by atoms with Gasteiger partial charge >= 0.3 is 0 Å². The van der Waals surface area contributed by atoms with Crippen molar-refractivity contribution in [3.05, 3.63) is 35.9 Å². The van der Waals surface area contributed by atoms with Gasteiger partial charge in [-0.1, -0.05) is 13.0 Å². The Morgan fingerprint density at radius 3 is 2.81 bits per heavy atom. The zero-order valence-electron chi connectivity index (χ0n) is 10.4. The van der Waals surface area contributed by atoms with Crippen molar-refractivity contribution in [1.29, 1.82) is 0 Å². The van der Waals surface area contributed by atoms with E-state index >= 15 is 0 Å². The molecule has 0 aliphatic carbocycles. The minimum absolute atomic E-state index is 0.112. The van der Waals surface area contributed by atoms with Crippen molar-refractivity contribution in [2.45, 2.75) is 32.7 Å². The van der Waals surface area contributed by atoms with Gasteiger partial charge in [0.25, 0.3) is 0 Å². The topological polar surface area (TPSA) is 29.3 Å². The lowest BCUT2D eigenvalue weighted by atomic mass is 10.1. The number of aryl methyl sites for hydroxylation is 1. The first kappa shape index (κ1) is 11.1. The molecule has 0 aliphatic heterocycles. The third kappa shape index (κ3) is 1.61. The van der Waals surface area contributed by atoms with Crippen LogP contribution in [0.4, 0.5) is 0 Å². The van der Waals surface area contributed by atoms with Crippen LogP contribution in [-0.4, -0.2) is 16.4 Å². The molecule has 0 amide bonds. The van der Waals surface area contributed by atoms with Crippen molar-refractivity contribution in [2.75, 3.05) is 7.05 Å². The molecule has 3 heteroatoms. The van der Waals surface area contributed by atoms with Crippen LogP contribution in [0.1, 0.15) is 32.2 Å². The van der Waals surface area contributed by atoms with E-state index in [0.29, 0.717) is 0 Å². The Bertz CT molecular complexity index is 497. The fourth-order valence-corrected chi connectivity index (χ4v) is 1.95. The molecule has 2 aromatic heterocycles. The second-order valence-electron chi connectivity index (χ2n) is 4.60. The van der Waals surface area contributed by atoms with E-state index in [-0.39, 0.29) is 5.54 Å². The average Bonchev–Trinajstić information content (AvgIpc) is 2.73. The number of hydrogen-bond acceptors (Lipinski definition) is 2. The number of hydrogen-bond donors (Lipinski definition) is 1. The van der Waals surface area contributed by atoms with Gasteiger partial charge in [-0.15, -0.1) is 0 Å². The first-order valence-corrected chi connectivity index (χ1v) is 5.74. The molecule has 0 fully saturated rings. The highest BCUT2D eigenvalue weighted by Crippen LogP contribution is 2.21. The Balaban J connectivity index is 2.66. The molecule has 0 unspecified atom stereocenters. The van der Waals surface area contributed by atoms with Gasteiger partial charge in [0.05, 0.1) is 17.3 Å². The Kier molecular flexibility index (Phi) is 2.72. The molecule has 86 valence electrons. The van der Waals surface area contributed by atoms with Crippen LogP contribution in [0.15, 0.2) is 24.5 Å². The summed E-state index contributed by atoms with van der Waals surface area (Å²) >= 11 is 0. The monoisotopic (exact) mass is 217 g/mol. The largest absolute Gasteiger partial charge is 0.308 e. The zero-order valence-corrected chi connectivity index (χ0v) is 10.4. The van der Waals surface area contributed by atoms with Crippen LogP contribution in [0.5, 0.6) is 0 Å². The van der Waals surface area contributed by atoms with Crippen molar-refractivity contribution in [3.63, 3.8) is 0 Å². The van der Waals surface area contributed by atoms with Crippen LogP contribution in [0.3, 0.4) is 0 Å². The molecular weight excluding hydrogens is 198 g/mol. The van der Waals surface area contributed by atoms with Gasteiger partial charge in [-0.3, -0.25) is 0 Å². The van der Waals surface area contributed by atoms with E-state index in [1.807, 2.05) is 13.2 Å². The fraction of sp³-hybridized carbons (Fsp3) is 0.462. The summed E-state index contributed by atoms with van der Waals surface area (Å²) < 4.78 is 2.18. The second kappa shape index (κ2) is 3.91. The lowest BCUT2D eigenvalue weighted by Gasteiger charge is -2.22. The number of pyridine rings is 1. The molecule has 0 radical (unpaired) electrons. The third-order valence-corrected chi connectivity index (χ3v) is 3.22. The molecule has 0 aromatic carbocycles. The Labute approximate surface area is 96.5 Å². The fourth-order valence-electron chi connectivity index (χ4n) is 1.95. The molecule has 2 heterocycles. The maximum Gasteiger partial charge on any atom is 0.133 e. The van der Waals surface area contributed by atoms with E-state index in [2.05, 4.69) is 53.8 Å². The number of rotatable bonds is 3. The summed E-state index contributed by atoms with van der Waals surface area (Å²) in [4.78, 5) is 4.55. The number of nitrogens with zero attached hydrogens (tertiary/aromatic N) is 2. The first-order valence-electron chi connectivity index (χ1n) is 5.74. The van der Waals surface area contributed by atoms with E-state index in [9.17, 15) is 0 Å². The number of imidazole rings is 1. The van der Waals surface area contributed by atoms with Crippen LogP contribution in [-0.2, 0) is 12.0 Å². The van der Waals surface area contributed by atoms with Gasteiger partial charge in [0.2, 0.25) is 0 Å². The molecule has 0 bridgehead atoms. The summed E-state index contributed by atoms with van der Waals surface area (Å²) in [7, 11) is 1.96. The van der Waals surface area contributed by atoms with E-state index in [1.165, 1.54) is 11.1 Å². The molecule has 1 N–H and O–H groups in total. The summed E-state index contributed by atoms with van der Waals surface area (Å²) in [6, 6.07) is 4.25. The van der Waals surface area contributed by atoms with E-state index in [1.54, 1.807) is 0 Å². The number of fused-ring (bicyclic) bond motifs is 1. The third-order valence-electron chi connectivity index (χ3n) is 3.22. The summed E-state index contributed by atoms with van der Waals surface area (Å²) in [6.07, 6.45) is 5.08. The van der Waals surface area contributed by atoms with Crippen LogP contribution in [0.2, 0.25) is 0 Å². The molecule has 16 heavy (non-hydrogen) atoms. The highest BCUT2D eigenvalue weighted by molar-refractivity contribution is 5.54. The molecular formula is C13H19N3. The Hall–Kier alpha value is -1.35. The van der Waals surface area contributed by atoms with Gasteiger partial charge in [-0.25, -0.2) is 4.98 Å². The summed E-state index contributed by atoms with van der Waals surface area (Å²) in [6.45, 7) is 6.45. The number of aromatic nitrogens is 2. The van der Waals surface area contributed by atoms with E-state index in [0.717, 1.165) is 12.2 Å². The van der Waals surface area contributed by atoms with Crippen molar-refractivity contribution in [3.8, 4) is 0 Å². The van der Waals surface area contributed by atoms with Gasteiger partial charge in [0.1, 0.15) is 5.82 Å². The van der Waals surface area contributed by atoms with Gasteiger partial charge < -0.3 is 9.72 Å². The van der Waals surface area contributed by atoms with Crippen LogP contribution in [0.25, 0.3) is 5.52 Å². The maximum atomic E-state index is 4.55. The smallest absolute Gasteiger partial charge is 0.133 e. The second-order valence-corrected chi connectivity index (χ2v) is 4.60. The van der Waals surface area contributed by atoms with Gasteiger partial charge in [0.15, 0.2) is 0 Å².